The Labute approximate surface area is 151 Å². The molecule has 1 aliphatic rings. The SMILES string of the molecule is COC(=O)[C@H]1C[C@H](OC)CCN1C(=O)c1ccc2cc(OC)ccc2n1. The second-order valence-corrected chi connectivity index (χ2v) is 6.17. The van der Waals surface area contributed by atoms with Gasteiger partial charge in [-0.25, -0.2) is 9.78 Å². The number of fused-ring (bicyclic) bond motifs is 1. The molecule has 1 fully saturated rings. The van der Waals surface area contributed by atoms with Gasteiger partial charge in [0.1, 0.15) is 17.5 Å². The van der Waals surface area contributed by atoms with E-state index in [-0.39, 0.29) is 12.0 Å². The number of esters is 1. The lowest BCUT2D eigenvalue weighted by atomic mass is 9.98. The monoisotopic (exact) mass is 358 g/mol. The number of amides is 1. The number of carbonyl (C=O) groups excluding carboxylic acids is 2. The minimum absolute atomic E-state index is 0.0693. The predicted octanol–water partition coefficient (Wildman–Crippen LogP) is 2.04. The molecule has 26 heavy (non-hydrogen) atoms. The summed E-state index contributed by atoms with van der Waals surface area (Å²) in [7, 11) is 4.53. The molecule has 7 heteroatoms. The molecule has 2 atom stereocenters. The molecule has 0 saturated carbocycles. The summed E-state index contributed by atoms with van der Waals surface area (Å²) in [5, 5.41) is 0.878. The van der Waals surface area contributed by atoms with Crippen LogP contribution in [0.1, 0.15) is 23.3 Å². The van der Waals surface area contributed by atoms with Gasteiger partial charge >= 0.3 is 5.97 Å². The van der Waals surface area contributed by atoms with E-state index in [9.17, 15) is 9.59 Å². The van der Waals surface area contributed by atoms with E-state index in [1.165, 1.54) is 12.0 Å². The van der Waals surface area contributed by atoms with Crippen molar-refractivity contribution in [3.8, 4) is 5.75 Å². The van der Waals surface area contributed by atoms with Crippen LogP contribution >= 0.6 is 0 Å². The van der Waals surface area contributed by atoms with Gasteiger partial charge in [-0.05, 0) is 30.7 Å². The Morgan fingerprint density at radius 3 is 2.65 bits per heavy atom. The zero-order valence-corrected chi connectivity index (χ0v) is 15.1. The molecule has 2 heterocycles. The minimum atomic E-state index is -0.667. The molecular formula is C19H22N2O5. The van der Waals surface area contributed by atoms with Crippen LogP contribution in [0.3, 0.4) is 0 Å². The van der Waals surface area contributed by atoms with E-state index in [1.54, 1.807) is 32.4 Å². The van der Waals surface area contributed by atoms with E-state index in [0.29, 0.717) is 30.6 Å². The summed E-state index contributed by atoms with van der Waals surface area (Å²) < 4.78 is 15.4. The van der Waals surface area contributed by atoms with Gasteiger partial charge < -0.3 is 19.1 Å². The zero-order chi connectivity index (χ0) is 18.7. The average molecular weight is 358 g/mol. The topological polar surface area (TPSA) is 78.0 Å². The molecule has 1 saturated heterocycles. The van der Waals surface area contributed by atoms with Gasteiger partial charge in [-0.3, -0.25) is 4.79 Å². The quantitative estimate of drug-likeness (QED) is 0.779. The number of piperidine rings is 1. The van der Waals surface area contributed by atoms with Crippen LogP contribution in [-0.2, 0) is 14.3 Å². The van der Waals surface area contributed by atoms with Crippen molar-refractivity contribution < 1.29 is 23.8 Å². The van der Waals surface area contributed by atoms with E-state index in [2.05, 4.69) is 4.98 Å². The van der Waals surface area contributed by atoms with Crippen molar-refractivity contribution in [1.82, 2.24) is 9.88 Å². The number of likely N-dealkylation sites (tertiary alicyclic amines) is 1. The van der Waals surface area contributed by atoms with Crippen molar-refractivity contribution in [2.24, 2.45) is 0 Å². The molecule has 0 bridgehead atoms. The highest BCUT2D eigenvalue weighted by Crippen LogP contribution is 2.24. The number of ether oxygens (including phenoxy) is 3. The van der Waals surface area contributed by atoms with Crippen LogP contribution in [0, 0.1) is 0 Å². The first-order chi connectivity index (χ1) is 12.6. The summed E-state index contributed by atoms with van der Waals surface area (Å²) in [4.78, 5) is 31.1. The molecule has 2 aromatic rings. The van der Waals surface area contributed by atoms with Crippen LogP contribution in [0.5, 0.6) is 5.75 Å². The fourth-order valence-corrected chi connectivity index (χ4v) is 3.25. The molecule has 1 aromatic carbocycles. The van der Waals surface area contributed by atoms with Crippen molar-refractivity contribution in [2.45, 2.75) is 25.0 Å². The molecule has 0 aliphatic carbocycles. The number of aromatic nitrogens is 1. The number of benzene rings is 1. The Morgan fingerprint density at radius 2 is 1.96 bits per heavy atom. The molecule has 0 unspecified atom stereocenters. The largest absolute Gasteiger partial charge is 0.497 e. The molecule has 0 spiro atoms. The summed E-state index contributed by atoms with van der Waals surface area (Å²) in [5.74, 6) is 0.00377. The lowest BCUT2D eigenvalue weighted by Gasteiger charge is -2.37. The van der Waals surface area contributed by atoms with Gasteiger partial charge in [0.15, 0.2) is 0 Å². The third-order valence-corrected chi connectivity index (χ3v) is 4.74. The maximum atomic E-state index is 13.0. The first kappa shape index (κ1) is 18.1. The molecular weight excluding hydrogens is 336 g/mol. The Morgan fingerprint density at radius 1 is 1.15 bits per heavy atom. The van der Waals surface area contributed by atoms with Gasteiger partial charge in [-0.1, -0.05) is 6.07 Å². The molecule has 1 amide bonds. The number of nitrogens with zero attached hydrogens (tertiary/aromatic N) is 2. The summed E-state index contributed by atoms with van der Waals surface area (Å²) in [6.45, 7) is 0.416. The van der Waals surface area contributed by atoms with Crippen LogP contribution in [0.4, 0.5) is 0 Å². The van der Waals surface area contributed by atoms with E-state index in [4.69, 9.17) is 14.2 Å². The molecule has 1 aromatic heterocycles. The lowest BCUT2D eigenvalue weighted by Crippen LogP contribution is -2.52. The number of hydrogen-bond acceptors (Lipinski definition) is 6. The molecule has 0 N–H and O–H groups in total. The summed E-state index contributed by atoms with van der Waals surface area (Å²) in [6.07, 6.45) is 1.01. The van der Waals surface area contributed by atoms with E-state index >= 15 is 0 Å². The normalized spacial score (nSPS) is 20.0. The van der Waals surface area contributed by atoms with Gasteiger partial charge in [0.2, 0.25) is 0 Å². The average Bonchev–Trinajstić information content (AvgIpc) is 2.71. The summed E-state index contributed by atoms with van der Waals surface area (Å²) in [5.41, 5.74) is 0.991. The van der Waals surface area contributed by atoms with E-state index < -0.39 is 12.0 Å². The second kappa shape index (κ2) is 7.70. The van der Waals surface area contributed by atoms with E-state index in [0.717, 1.165) is 11.1 Å². The number of rotatable bonds is 4. The van der Waals surface area contributed by atoms with Crippen molar-refractivity contribution in [1.29, 1.82) is 0 Å². The van der Waals surface area contributed by atoms with Gasteiger partial charge in [0.25, 0.3) is 5.91 Å². The molecule has 3 rings (SSSR count). The van der Waals surface area contributed by atoms with Crippen LogP contribution in [0.25, 0.3) is 10.9 Å². The summed E-state index contributed by atoms with van der Waals surface area (Å²) >= 11 is 0. The van der Waals surface area contributed by atoms with Gasteiger partial charge in [-0.2, -0.15) is 0 Å². The fourth-order valence-electron chi connectivity index (χ4n) is 3.25. The Hall–Kier alpha value is -2.67. The first-order valence-electron chi connectivity index (χ1n) is 8.43. The van der Waals surface area contributed by atoms with Crippen LogP contribution in [0.15, 0.2) is 30.3 Å². The highest BCUT2D eigenvalue weighted by Gasteiger charge is 2.37. The van der Waals surface area contributed by atoms with Crippen molar-refractivity contribution in [3.05, 3.63) is 36.0 Å². The Kier molecular flexibility index (Phi) is 5.37. The molecule has 0 radical (unpaired) electrons. The van der Waals surface area contributed by atoms with Gasteiger partial charge in [0.05, 0.1) is 25.8 Å². The summed E-state index contributed by atoms with van der Waals surface area (Å²) in [6, 6.07) is 8.29. The van der Waals surface area contributed by atoms with Crippen LogP contribution in [-0.4, -0.2) is 61.8 Å². The Bertz CT molecular complexity index is 823. The third-order valence-electron chi connectivity index (χ3n) is 4.74. The first-order valence-corrected chi connectivity index (χ1v) is 8.43. The standard InChI is InChI=1S/C19H22N2O5/c1-24-13-5-7-15-12(10-13)4-6-16(20-15)18(22)21-9-8-14(25-2)11-17(21)19(23)26-3/h4-7,10,14,17H,8-9,11H2,1-3H3/t14-,17-/m1/s1. The van der Waals surface area contributed by atoms with Gasteiger partial charge in [-0.15, -0.1) is 0 Å². The third kappa shape index (κ3) is 3.48. The molecule has 138 valence electrons. The number of methoxy groups -OCH3 is 3. The maximum Gasteiger partial charge on any atom is 0.328 e. The maximum absolute atomic E-state index is 13.0. The van der Waals surface area contributed by atoms with Crippen molar-refractivity contribution >= 4 is 22.8 Å². The van der Waals surface area contributed by atoms with Crippen molar-refractivity contribution in [2.75, 3.05) is 27.9 Å². The van der Waals surface area contributed by atoms with Crippen LogP contribution < -0.4 is 4.74 Å². The highest BCUT2D eigenvalue weighted by molar-refractivity contribution is 5.97. The lowest BCUT2D eigenvalue weighted by molar-refractivity contribution is -0.149. The van der Waals surface area contributed by atoms with E-state index in [1.807, 2.05) is 12.1 Å². The fraction of sp³-hybridized carbons (Fsp3) is 0.421. The number of pyridine rings is 1. The molecule has 7 nitrogen and oxygen atoms in total. The predicted molar refractivity (Wildman–Crippen MR) is 95.2 cm³/mol. The number of carbonyl (C=O) groups is 2. The van der Waals surface area contributed by atoms with Crippen LogP contribution in [0.2, 0.25) is 0 Å². The van der Waals surface area contributed by atoms with Crippen molar-refractivity contribution in [3.63, 3.8) is 0 Å². The second-order valence-electron chi connectivity index (χ2n) is 6.17. The Balaban J connectivity index is 1.89. The van der Waals surface area contributed by atoms with Gasteiger partial charge in [0, 0.05) is 25.5 Å². The number of hydrogen-bond donors (Lipinski definition) is 0. The zero-order valence-electron chi connectivity index (χ0n) is 15.1. The minimum Gasteiger partial charge on any atom is -0.497 e. The molecule has 1 aliphatic heterocycles. The highest BCUT2D eigenvalue weighted by atomic mass is 16.5. The smallest absolute Gasteiger partial charge is 0.328 e.